The molecule has 0 unspecified atom stereocenters. The highest BCUT2D eigenvalue weighted by atomic mass is 35.5. The van der Waals surface area contributed by atoms with Crippen molar-refractivity contribution in [3.05, 3.63) is 68.6 Å². The van der Waals surface area contributed by atoms with Crippen LogP contribution in [0.2, 0.25) is 10.0 Å². The molecule has 0 atom stereocenters. The summed E-state index contributed by atoms with van der Waals surface area (Å²) in [5.41, 5.74) is 2.31. The van der Waals surface area contributed by atoms with Crippen LogP contribution in [0.25, 0.3) is 27.9 Å². The molecule has 0 fully saturated rings. The molecule has 4 aromatic rings. The Balaban J connectivity index is 1.90. The van der Waals surface area contributed by atoms with Crippen molar-refractivity contribution >= 4 is 62.7 Å². The number of aliphatic hydroxyl groups excluding tert-OH is 1. The minimum atomic E-state index is -0.231. The summed E-state index contributed by atoms with van der Waals surface area (Å²) in [4.78, 5) is 20.2. The number of aromatic nitrogens is 3. The fraction of sp³-hybridized carbons (Fsp3) is 0.100. The molecule has 3 N–H and O–H groups in total. The zero-order valence-corrected chi connectivity index (χ0v) is 16.3. The van der Waals surface area contributed by atoms with Gasteiger partial charge in [0.05, 0.1) is 38.8 Å². The molecule has 0 aliphatic heterocycles. The van der Waals surface area contributed by atoms with E-state index in [-0.39, 0.29) is 12.2 Å². The maximum atomic E-state index is 12.7. The third-order valence-electron chi connectivity index (χ3n) is 4.47. The summed E-state index contributed by atoms with van der Waals surface area (Å²) in [5.74, 6) is 0.515. The zero-order chi connectivity index (χ0) is 19.8. The lowest BCUT2D eigenvalue weighted by atomic mass is 10.1. The van der Waals surface area contributed by atoms with Crippen LogP contribution >= 0.6 is 23.2 Å². The van der Waals surface area contributed by atoms with Crippen LogP contribution in [0.3, 0.4) is 0 Å². The molecule has 4 rings (SSSR count). The summed E-state index contributed by atoms with van der Waals surface area (Å²) in [6, 6.07) is 10.8. The van der Waals surface area contributed by atoms with Crippen LogP contribution in [-0.4, -0.2) is 26.2 Å². The van der Waals surface area contributed by atoms with Crippen LogP contribution in [0.1, 0.15) is 5.69 Å². The van der Waals surface area contributed by atoms with Gasteiger partial charge in [-0.25, -0.2) is 4.98 Å². The fourth-order valence-corrected chi connectivity index (χ4v) is 3.68. The summed E-state index contributed by atoms with van der Waals surface area (Å²) in [6.07, 6.45) is 3.23. The van der Waals surface area contributed by atoms with Gasteiger partial charge in [-0.3, -0.25) is 4.79 Å². The molecule has 0 saturated heterocycles. The fourth-order valence-electron chi connectivity index (χ4n) is 3.19. The van der Waals surface area contributed by atoms with Gasteiger partial charge >= 0.3 is 0 Å². The van der Waals surface area contributed by atoms with Gasteiger partial charge < -0.3 is 20.0 Å². The van der Waals surface area contributed by atoms with E-state index in [1.165, 1.54) is 0 Å². The van der Waals surface area contributed by atoms with Crippen molar-refractivity contribution < 1.29 is 5.11 Å². The van der Waals surface area contributed by atoms with E-state index in [0.717, 1.165) is 5.39 Å². The van der Waals surface area contributed by atoms with Crippen molar-refractivity contribution in [2.24, 2.45) is 7.05 Å². The van der Waals surface area contributed by atoms with E-state index in [0.29, 0.717) is 43.8 Å². The number of anilines is 2. The van der Waals surface area contributed by atoms with Crippen molar-refractivity contribution in [3.8, 4) is 0 Å². The SMILES string of the molecule is Cn1c(Nc2c(Cl)cccc2Cl)nc2ccc3cc(C=CCO)[nH]c(=O)c3c21. The number of hydrogen-bond donors (Lipinski definition) is 3. The molecular formula is C20H16Cl2N4O2. The summed E-state index contributed by atoms with van der Waals surface area (Å²) in [6.45, 7) is -0.0968. The number of aliphatic hydroxyl groups is 1. The number of nitrogens with zero attached hydrogens (tertiary/aromatic N) is 2. The van der Waals surface area contributed by atoms with Gasteiger partial charge in [0.2, 0.25) is 5.95 Å². The van der Waals surface area contributed by atoms with Gasteiger partial charge in [0.1, 0.15) is 0 Å². The van der Waals surface area contributed by atoms with Gasteiger partial charge in [0, 0.05) is 12.7 Å². The van der Waals surface area contributed by atoms with E-state index in [1.807, 2.05) is 25.2 Å². The minimum Gasteiger partial charge on any atom is -0.392 e. The van der Waals surface area contributed by atoms with Gasteiger partial charge in [-0.2, -0.15) is 0 Å². The van der Waals surface area contributed by atoms with Gasteiger partial charge in [0.15, 0.2) is 0 Å². The zero-order valence-electron chi connectivity index (χ0n) is 14.8. The first-order chi connectivity index (χ1) is 13.5. The molecule has 0 spiro atoms. The number of benzene rings is 2. The highest BCUT2D eigenvalue weighted by Gasteiger charge is 2.15. The Bertz CT molecular complexity index is 1270. The van der Waals surface area contributed by atoms with Crippen molar-refractivity contribution in [3.63, 3.8) is 0 Å². The molecule has 6 nitrogen and oxygen atoms in total. The van der Waals surface area contributed by atoms with Crippen molar-refractivity contribution in [2.75, 3.05) is 11.9 Å². The van der Waals surface area contributed by atoms with E-state index in [1.54, 1.807) is 34.9 Å². The van der Waals surface area contributed by atoms with Gasteiger partial charge in [-0.05, 0) is 35.7 Å². The number of imidazole rings is 1. The Morgan fingerprint density at radius 1 is 1.25 bits per heavy atom. The lowest BCUT2D eigenvalue weighted by molar-refractivity contribution is 0.343. The standard InChI is InChI=1S/C20H16Cl2N4O2/c1-26-18-15(24-20(26)25-17-13(21)5-2-6-14(17)22)8-7-11-10-12(4-3-9-27)23-19(28)16(11)18/h2-8,10,27H,9H2,1H3,(H,23,28)(H,24,25). The Morgan fingerprint density at radius 3 is 2.71 bits per heavy atom. The molecular weight excluding hydrogens is 399 g/mol. The van der Waals surface area contributed by atoms with E-state index < -0.39 is 0 Å². The molecule has 0 aliphatic carbocycles. The summed E-state index contributed by atoms with van der Waals surface area (Å²) in [7, 11) is 1.82. The summed E-state index contributed by atoms with van der Waals surface area (Å²) in [5, 5.41) is 14.4. The predicted octanol–water partition coefficient (Wildman–Crippen LogP) is 4.47. The number of hydrogen-bond acceptors (Lipinski definition) is 4. The number of aryl methyl sites for hydroxylation is 1. The molecule has 28 heavy (non-hydrogen) atoms. The van der Waals surface area contributed by atoms with Crippen LogP contribution in [-0.2, 0) is 7.05 Å². The van der Waals surface area contributed by atoms with Crippen LogP contribution in [0, 0.1) is 0 Å². The third-order valence-corrected chi connectivity index (χ3v) is 5.10. The lowest BCUT2D eigenvalue weighted by Crippen LogP contribution is -2.09. The average Bonchev–Trinajstić information content (AvgIpc) is 2.99. The number of aromatic amines is 1. The van der Waals surface area contributed by atoms with Gasteiger partial charge in [0.25, 0.3) is 5.56 Å². The van der Waals surface area contributed by atoms with Crippen LogP contribution in [0.4, 0.5) is 11.6 Å². The second-order valence-electron chi connectivity index (χ2n) is 6.25. The largest absolute Gasteiger partial charge is 0.392 e. The van der Waals surface area contributed by atoms with E-state index in [9.17, 15) is 4.79 Å². The first-order valence-corrected chi connectivity index (χ1v) is 9.26. The number of pyridine rings is 1. The Hall–Kier alpha value is -2.80. The Morgan fingerprint density at radius 2 is 2.00 bits per heavy atom. The molecule has 0 aliphatic rings. The number of halogens is 2. The first kappa shape index (κ1) is 18.6. The normalized spacial score (nSPS) is 11.7. The molecule has 2 heterocycles. The van der Waals surface area contributed by atoms with Crippen molar-refractivity contribution in [1.82, 2.24) is 14.5 Å². The molecule has 2 aromatic heterocycles. The predicted molar refractivity (Wildman–Crippen MR) is 115 cm³/mol. The number of fused-ring (bicyclic) bond motifs is 3. The quantitative estimate of drug-likeness (QED) is 0.459. The highest BCUT2D eigenvalue weighted by Crippen LogP contribution is 2.34. The van der Waals surface area contributed by atoms with E-state index in [2.05, 4.69) is 15.3 Å². The molecule has 142 valence electrons. The monoisotopic (exact) mass is 414 g/mol. The third kappa shape index (κ3) is 3.16. The number of para-hydroxylation sites is 1. The Labute approximate surface area is 170 Å². The van der Waals surface area contributed by atoms with Gasteiger partial charge in [-0.1, -0.05) is 41.4 Å². The second-order valence-corrected chi connectivity index (χ2v) is 7.07. The average molecular weight is 415 g/mol. The molecule has 8 heteroatoms. The topological polar surface area (TPSA) is 82.9 Å². The molecule has 0 radical (unpaired) electrons. The summed E-state index contributed by atoms with van der Waals surface area (Å²) >= 11 is 12.5. The first-order valence-electron chi connectivity index (χ1n) is 8.50. The molecule has 0 saturated carbocycles. The maximum Gasteiger partial charge on any atom is 0.258 e. The number of H-pyrrole nitrogens is 1. The van der Waals surface area contributed by atoms with Crippen LogP contribution in [0.15, 0.2) is 47.3 Å². The highest BCUT2D eigenvalue weighted by molar-refractivity contribution is 6.39. The van der Waals surface area contributed by atoms with Crippen molar-refractivity contribution in [1.29, 1.82) is 0 Å². The summed E-state index contributed by atoms with van der Waals surface area (Å²) < 4.78 is 1.80. The molecule has 0 bridgehead atoms. The molecule has 0 amide bonds. The number of rotatable bonds is 4. The minimum absolute atomic E-state index is 0.0968. The van der Waals surface area contributed by atoms with Crippen molar-refractivity contribution in [2.45, 2.75) is 0 Å². The van der Waals surface area contributed by atoms with Crippen LogP contribution < -0.4 is 10.9 Å². The maximum absolute atomic E-state index is 12.7. The van der Waals surface area contributed by atoms with Crippen LogP contribution in [0.5, 0.6) is 0 Å². The molecule has 2 aromatic carbocycles. The smallest absolute Gasteiger partial charge is 0.258 e. The van der Waals surface area contributed by atoms with E-state index in [4.69, 9.17) is 28.3 Å². The lowest BCUT2D eigenvalue weighted by Gasteiger charge is -2.10. The Kier molecular flexibility index (Phi) is 4.85. The number of nitrogens with one attached hydrogen (secondary N) is 2. The second kappa shape index (κ2) is 7.31. The van der Waals surface area contributed by atoms with Gasteiger partial charge in [-0.15, -0.1) is 0 Å². The van der Waals surface area contributed by atoms with E-state index >= 15 is 0 Å².